The van der Waals surface area contributed by atoms with Gasteiger partial charge in [0.15, 0.2) is 0 Å². The summed E-state index contributed by atoms with van der Waals surface area (Å²) < 4.78 is 0. The fraction of sp³-hybridized carbons (Fsp3) is 0.414. The van der Waals surface area contributed by atoms with E-state index < -0.39 is 40.7 Å². The number of ketones is 1. The zero-order valence-corrected chi connectivity index (χ0v) is 22.8. The van der Waals surface area contributed by atoms with Crippen molar-refractivity contribution in [2.24, 2.45) is 11.8 Å². The van der Waals surface area contributed by atoms with Crippen LogP contribution in [0.2, 0.25) is 10.0 Å². The van der Waals surface area contributed by atoms with Gasteiger partial charge in [0.25, 0.3) is 0 Å². The number of allylic oxidation sites excluding steroid dienone is 2. The van der Waals surface area contributed by atoms with Crippen molar-refractivity contribution in [1.29, 1.82) is 0 Å². The van der Waals surface area contributed by atoms with Crippen molar-refractivity contribution in [3.63, 3.8) is 0 Å². The molecule has 0 spiro atoms. The average Bonchev–Trinajstić information content (AvgIpc) is 3.21. The van der Waals surface area contributed by atoms with Crippen LogP contribution in [0.4, 0.5) is 11.4 Å². The molecule has 190 valence electrons. The van der Waals surface area contributed by atoms with Gasteiger partial charge in [-0.3, -0.25) is 0 Å². The van der Waals surface area contributed by atoms with E-state index in [1.807, 2.05) is 88.0 Å². The lowest BCUT2D eigenvalue weighted by Crippen LogP contribution is -2.41. The summed E-state index contributed by atoms with van der Waals surface area (Å²) in [5.74, 6) is -2.49. The Hall–Kier alpha value is -2.31. The Kier molecular flexibility index (Phi) is 5.88. The maximum atomic E-state index is 13.7. The summed E-state index contributed by atoms with van der Waals surface area (Å²) in [5.41, 5.74) is 4.77. The molecule has 1 aliphatic carbocycles. The molecule has 0 aromatic heterocycles. The fourth-order valence-corrected chi connectivity index (χ4v) is 6.63. The van der Waals surface area contributed by atoms with Crippen LogP contribution >= 0.6 is 23.2 Å². The first-order valence-corrected chi connectivity index (χ1v) is 12.9. The standard InChI is InChI=1S/C29H30Cl2N2O3/c1-28(2)19-11-15(30)7-9-21(19)32(5)23(28)13-17-25(34)18(27(36)26(17)35)14-24-29(3,4)20-12-16(31)8-10-22(20)33(24)6/h7-14,17-18,25-26H,1-6H3/q-2/b23-13-,24-14-. The molecule has 3 aliphatic rings. The Morgan fingerprint density at radius 2 is 1.25 bits per heavy atom. The Labute approximate surface area is 222 Å². The molecule has 0 bridgehead atoms. The number of nitrogens with zero attached hydrogens (tertiary/aromatic N) is 2. The number of hydrogen-bond donors (Lipinski definition) is 0. The lowest BCUT2D eigenvalue weighted by molar-refractivity contribution is -0.458. The Morgan fingerprint density at radius 1 is 0.806 bits per heavy atom. The van der Waals surface area contributed by atoms with Gasteiger partial charge in [-0.2, -0.15) is 0 Å². The summed E-state index contributed by atoms with van der Waals surface area (Å²) in [7, 11) is 3.83. The highest BCUT2D eigenvalue weighted by molar-refractivity contribution is 6.31. The number of anilines is 2. The number of fused-ring (bicyclic) bond motifs is 2. The van der Waals surface area contributed by atoms with Gasteiger partial charge in [-0.15, -0.1) is 6.10 Å². The van der Waals surface area contributed by atoms with Crippen molar-refractivity contribution in [3.8, 4) is 0 Å². The minimum atomic E-state index is -1.61. The van der Waals surface area contributed by atoms with E-state index in [1.54, 1.807) is 12.2 Å². The minimum absolute atomic E-state index is 0.456. The van der Waals surface area contributed by atoms with Gasteiger partial charge >= 0.3 is 0 Å². The topological polar surface area (TPSA) is 69.7 Å². The second-order valence-electron chi connectivity index (χ2n) is 11.2. The third kappa shape index (κ3) is 3.55. The quantitative estimate of drug-likeness (QED) is 0.589. The molecule has 5 nitrogen and oxygen atoms in total. The van der Waals surface area contributed by atoms with Crippen LogP contribution in [0.3, 0.4) is 0 Å². The maximum Gasteiger partial charge on any atom is 0.125 e. The minimum Gasteiger partial charge on any atom is -0.851 e. The smallest absolute Gasteiger partial charge is 0.125 e. The third-order valence-corrected chi connectivity index (χ3v) is 8.84. The molecule has 2 aliphatic heterocycles. The van der Waals surface area contributed by atoms with E-state index >= 15 is 0 Å². The molecule has 2 aromatic rings. The molecule has 2 aromatic carbocycles. The van der Waals surface area contributed by atoms with Crippen LogP contribution in [0.5, 0.6) is 0 Å². The number of rotatable bonds is 2. The molecule has 0 N–H and O–H groups in total. The Morgan fingerprint density at radius 3 is 1.72 bits per heavy atom. The Balaban J connectivity index is 1.51. The monoisotopic (exact) mass is 524 g/mol. The SMILES string of the molecule is CN1/C(=C\C2C(=O)C([O-])C(/C=C3\N(C)c4ccc(Cl)cc4C3(C)C)C2[O-])C(C)(C)c2cc(Cl)ccc21. The van der Waals surface area contributed by atoms with Gasteiger partial charge in [0, 0.05) is 63.7 Å². The summed E-state index contributed by atoms with van der Waals surface area (Å²) in [6.45, 7) is 8.18. The normalized spacial score (nSPS) is 30.4. The molecule has 5 rings (SSSR count). The van der Waals surface area contributed by atoms with Crippen LogP contribution in [0.1, 0.15) is 38.8 Å². The Bertz CT molecular complexity index is 1330. The van der Waals surface area contributed by atoms with Crippen LogP contribution in [0.15, 0.2) is 59.9 Å². The van der Waals surface area contributed by atoms with Crippen molar-refractivity contribution in [3.05, 3.63) is 81.1 Å². The summed E-state index contributed by atoms with van der Waals surface area (Å²) in [5, 5.41) is 28.2. The molecule has 36 heavy (non-hydrogen) atoms. The predicted octanol–water partition coefficient (Wildman–Crippen LogP) is 4.19. The summed E-state index contributed by atoms with van der Waals surface area (Å²) in [6, 6.07) is 11.4. The maximum absolute atomic E-state index is 13.7. The van der Waals surface area contributed by atoms with Crippen LogP contribution in [0.25, 0.3) is 0 Å². The van der Waals surface area contributed by atoms with Gasteiger partial charge < -0.3 is 24.8 Å². The van der Waals surface area contributed by atoms with Crippen molar-refractivity contribution in [1.82, 2.24) is 0 Å². The van der Waals surface area contributed by atoms with Gasteiger partial charge in [0.2, 0.25) is 0 Å². The molecule has 2 heterocycles. The summed E-state index contributed by atoms with van der Waals surface area (Å²) in [4.78, 5) is 17.2. The van der Waals surface area contributed by atoms with E-state index in [0.717, 1.165) is 33.9 Å². The van der Waals surface area contributed by atoms with E-state index in [1.165, 1.54) is 0 Å². The number of carbonyl (C=O) groups excluding carboxylic acids is 1. The summed E-state index contributed by atoms with van der Waals surface area (Å²) >= 11 is 12.5. The molecule has 4 unspecified atom stereocenters. The van der Waals surface area contributed by atoms with Gasteiger partial charge in [-0.1, -0.05) is 69.2 Å². The highest BCUT2D eigenvalue weighted by atomic mass is 35.5. The predicted molar refractivity (Wildman–Crippen MR) is 141 cm³/mol. The highest BCUT2D eigenvalue weighted by Crippen LogP contribution is 2.50. The second-order valence-corrected chi connectivity index (χ2v) is 12.1. The van der Waals surface area contributed by atoms with Crippen molar-refractivity contribution in [2.45, 2.75) is 50.7 Å². The molecule has 4 atom stereocenters. The number of hydrogen-bond acceptors (Lipinski definition) is 5. The molecule has 0 saturated heterocycles. The number of benzene rings is 2. The first kappa shape index (κ1) is 25.3. The molecule has 7 heteroatoms. The summed E-state index contributed by atoms with van der Waals surface area (Å²) in [6.07, 6.45) is 0.505. The molecule has 1 fully saturated rings. The molecular formula is C29H30Cl2N2O3-2. The zero-order chi connectivity index (χ0) is 26.3. The molecule has 1 saturated carbocycles. The van der Waals surface area contributed by atoms with Crippen LogP contribution in [-0.2, 0) is 15.6 Å². The fourth-order valence-electron chi connectivity index (χ4n) is 6.28. The zero-order valence-electron chi connectivity index (χ0n) is 21.3. The van der Waals surface area contributed by atoms with E-state index in [9.17, 15) is 15.0 Å². The first-order chi connectivity index (χ1) is 16.8. The van der Waals surface area contributed by atoms with Crippen molar-refractivity contribution < 1.29 is 15.0 Å². The van der Waals surface area contributed by atoms with Gasteiger partial charge in [0.05, 0.1) is 0 Å². The third-order valence-electron chi connectivity index (χ3n) is 8.37. The number of halogens is 2. The number of likely N-dealkylation sites (N-methyl/N-ethyl adjacent to an activating group) is 2. The van der Waals surface area contributed by atoms with Gasteiger partial charge in [-0.25, -0.2) is 0 Å². The highest BCUT2D eigenvalue weighted by Gasteiger charge is 2.44. The van der Waals surface area contributed by atoms with Crippen LogP contribution < -0.4 is 20.0 Å². The number of Topliss-reactive ketones (excluding diaryl/α,β-unsaturated/α-hetero) is 1. The molecular weight excluding hydrogens is 495 g/mol. The van der Waals surface area contributed by atoms with Crippen LogP contribution in [0, 0.1) is 11.8 Å². The lowest BCUT2D eigenvalue weighted by atomic mass is 9.81. The number of carbonyl (C=O) groups is 1. The van der Waals surface area contributed by atoms with E-state index in [4.69, 9.17) is 23.2 Å². The lowest BCUT2D eigenvalue weighted by Gasteiger charge is -2.34. The van der Waals surface area contributed by atoms with Crippen LogP contribution in [-0.4, -0.2) is 32.1 Å². The molecule has 0 radical (unpaired) electrons. The largest absolute Gasteiger partial charge is 0.851 e. The van der Waals surface area contributed by atoms with Crippen molar-refractivity contribution >= 4 is 40.4 Å². The second kappa shape index (κ2) is 8.35. The van der Waals surface area contributed by atoms with Gasteiger partial charge in [0.1, 0.15) is 5.78 Å². The molecule has 0 amide bonds. The average molecular weight is 525 g/mol. The van der Waals surface area contributed by atoms with E-state index in [2.05, 4.69) is 0 Å². The van der Waals surface area contributed by atoms with Gasteiger partial charge in [-0.05, 0) is 53.4 Å². The van der Waals surface area contributed by atoms with E-state index in [-0.39, 0.29) is 0 Å². The van der Waals surface area contributed by atoms with Crippen molar-refractivity contribution in [2.75, 3.05) is 23.9 Å². The first-order valence-electron chi connectivity index (χ1n) is 12.1. The van der Waals surface area contributed by atoms with E-state index in [0.29, 0.717) is 10.0 Å².